The normalized spacial score (nSPS) is 14.8. The number of ether oxygens (including phenoxy) is 1. The second-order valence-electron chi connectivity index (χ2n) is 5.59. The van der Waals surface area contributed by atoms with Crippen molar-refractivity contribution >= 4 is 52.5 Å². The van der Waals surface area contributed by atoms with Gasteiger partial charge in [0, 0.05) is 52.7 Å². The van der Waals surface area contributed by atoms with Crippen LogP contribution in [0.15, 0.2) is 10.4 Å². The van der Waals surface area contributed by atoms with E-state index in [1.807, 2.05) is 31.3 Å². The first-order valence-corrected chi connectivity index (χ1v) is 8.92. The zero-order valence-corrected chi connectivity index (χ0v) is 18.3. The number of amides is 1. The SMILES string of the molecule is CCOC(=O)N1CCN(C(=NC)NCc2csc(N(C)C)n2)CC1.I. The van der Waals surface area contributed by atoms with Crippen LogP contribution in [0.5, 0.6) is 0 Å². The fraction of sp³-hybridized carbons (Fsp3) is 0.667. The van der Waals surface area contributed by atoms with Crippen LogP contribution in [0.3, 0.4) is 0 Å². The van der Waals surface area contributed by atoms with E-state index < -0.39 is 0 Å². The van der Waals surface area contributed by atoms with Gasteiger partial charge in [0.2, 0.25) is 0 Å². The molecule has 2 heterocycles. The van der Waals surface area contributed by atoms with Crippen molar-refractivity contribution in [3.05, 3.63) is 11.1 Å². The number of aromatic nitrogens is 1. The number of carbonyl (C=O) groups excluding carboxylic acids is 1. The summed E-state index contributed by atoms with van der Waals surface area (Å²) in [6, 6.07) is 0. The predicted molar refractivity (Wildman–Crippen MR) is 112 cm³/mol. The third-order valence-corrected chi connectivity index (χ3v) is 4.72. The van der Waals surface area contributed by atoms with Gasteiger partial charge in [-0.3, -0.25) is 4.99 Å². The zero-order chi connectivity index (χ0) is 17.5. The van der Waals surface area contributed by atoms with Crippen LogP contribution in [-0.4, -0.2) is 80.8 Å². The molecular formula is C15H27IN6O2S. The van der Waals surface area contributed by atoms with Gasteiger partial charge in [0.15, 0.2) is 11.1 Å². The van der Waals surface area contributed by atoms with Gasteiger partial charge in [-0.25, -0.2) is 9.78 Å². The Kier molecular flexibility index (Phi) is 9.25. The maximum Gasteiger partial charge on any atom is 0.409 e. The van der Waals surface area contributed by atoms with E-state index in [-0.39, 0.29) is 30.1 Å². The number of hydrogen-bond donors (Lipinski definition) is 1. The predicted octanol–water partition coefficient (Wildman–Crippen LogP) is 1.68. The van der Waals surface area contributed by atoms with E-state index in [1.165, 1.54) is 0 Å². The molecule has 1 aromatic heterocycles. The monoisotopic (exact) mass is 482 g/mol. The molecule has 1 aliphatic heterocycles. The second kappa shape index (κ2) is 10.6. The molecule has 1 saturated heterocycles. The highest BCUT2D eigenvalue weighted by atomic mass is 127. The molecule has 0 aromatic carbocycles. The van der Waals surface area contributed by atoms with Gasteiger partial charge in [-0.05, 0) is 6.92 Å². The fourth-order valence-electron chi connectivity index (χ4n) is 2.40. The number of halogens is 1. The Bertz CT molecular complexity index is 572. The van der Waals surface area contributed by atoms with Crippen LogP contribution in [0.1, 0.15) is 12.6 Å². The Morgan fingerprint density at radius 3 is 2.52 bits per heavy atom. The first kappa shape index (κ1) is 21.7. The number of carbonyl (C=O) groups is 1. The highest BCUT2D eigenvalue weighted by molar-refractivity contribution is 14.0. The molecule has 0 atom stereocenters. The van der Waals surface area contributed by atoms with Crippen molar-refractivity contribution in [3.8, 4) is 0 Å². The van der Waals surface area contributed by atoms with Crippen LogP contribution in [0.4, 0.5) is 9.93 Å². The number of nitrogens with one attached hydrogen (secondary N) is 1. The standard InChI is InChI=1S/C15H26N6O2S.HI/c1-5-23-15(22)21-8-6-20(7-9-21)13(16-2)17-10-12-11-24-14(18-12)19(3)4;/h11H,5-10H2,1-4H3,(H,16,17);1H. The molecule has 1 N–H and O–H groups in total. The lowest BCUT2D eigenvalue weighted by Crippen LogP contribution is -2.53. The molecule has 0 unspecified atom stereocenters. The number of rotatable bonds is 4. The first-order chi connectivity index (χ1) is 11.5. The topological polar surface area (TPSA) is 73.3 Å². The van der Waals surface area contributed by atoms with Crippen LogP contribution >= 0.6 is 35.3 Å². The number of guanidine groups is 1. The van der Waals surface area contributed by atoms with E-state index in [0.717, 1.165) is 29.9 Å². The Balaban J connectivity index is 0.00000312. The lowest BCUT2D eigenvalue weighted by Gasteiger charge is -2.35. The fourth-order valence-corrected chi connectivity index (χ4v) is 3.16. The molecular weight excluding hydrogens is 455 g/mol. The highest BCUT2D eigenvalue weighted by Gasteiger charge is 2.23. The summed E-state index contributed by atoms with van der Waals surface area (Å²) < 4.78 is 5.04. The molecule has 10 heteroatoms. The van der Waals surface area contributed by atoms with E-state index in [4.69, 9.17) is 4.74 Å². The Labute approximate surface area is 170 Å². The van der Waals surface area contributed by atoms with Gasteiger partial charge in [-0.2, -0.15) is 0 Å². The van der Waals surface area contributed by atoms with Gasteiger partial charge < -0.3 is 24.8 Å². The number of thiazole rings is 1. The van der Waals surface area contributed by atoms with Gasteiger partial charge in [0.25, 0.3) is 0 Å². The third-order valence-electron chi connectivity index (χ3n) is 3.67. The summed E-state index contributed by atoms with van der Waals surface area (Å²) in [6.07, 6.45) is -0.237. The number of nitrogens with zero attached hydrogens (tertiary/aromatic N) is 5. The Morgan fingerprint density at radius 1 is 1.36 bits per heavy atom. The smallest absolute Gasteiger partial charge is 0.409 e. The largest absolute Gasteiger partial charge is 0.450 e. The molecule has 1 amide bonds. The maximum absolute atomic E-state index is 11.7. The van der Waals surface area contributed by atoms with Crippen molar-refractivity contribution in [2.24, 2.45) is 4.99 Å². The van der Waals surface area contributed by atoms with Crippen LogP contribution in [0.25, 0.3) is 0 Å². The third kappa shape index (κ3) is 6.17. The molecule has 1 aliphatic rings. The summed E-state index contributed by atoms with van der Waals surface area (Å²) in [7, 11) is 5.74. The van der Waals surface area contributed by atoms with Gasteiger partial charge in [-0.15, -0.1) is 35.3 Å². The number of anilines is 1. The summed E-state index contributed by atoms with van der Waals surface area (Å²) in [4.78, 5) is 26.5. The average molecular weight is 482 g/mol. The summed E-state index contributed by atoms with van der Waals surface area (Å²) in [6.45, 7) is 5.61. The van der Waals surface area contributed by atoms with Crippen LogP contribution in [0, 0.1) is 0 Å². The summed E-state index contributed by atoms with van der Waals surface area (Å²) in [5.41, 5.74) is 0.995. The lowest BCUT2D eigenvalue weighted by molar-refractivity contribution is 0.0914. The molecule has 1 aromatic rings. The summed E-state index contributed by atoms with van der Waals surface area (Å²) in [5, 5.41) is 6.38. The van der Waals surface area contributed by atoms with Crippen molar-refractivity contribution in [2.45, 2.75) is 13.5 Å². The van der Waals surface area contributed by atoms with E-state index >= 15 is 0 Å². The second-order valence-corrected chi connectivity index (χ2v) is 6.43. The molecule has 2 rings (SSSR count). The minimum absolute atomic E-state index is 0. The van der Waals surface area contributed by atoms with E-state index in [0.29, 0.717) is 26.2 Å². The minimum atomic E-state index is -0.237. The van der Waals surface area contributed by atoms with Crippen LogP contribution in [-0.2, 0) is 11.3 Å². The van der Waals surface area contributed by atoms with Crippen molar-refractivity contribution in [1.82, 2.24) is 20.1 Å². The Morgan fingerprint density at radius 2 is 2.00 bits per heavy atom. The minimum Gasteiger partial charge on any atom is -0.450 e. The Hall–Kier alpha value is -1.30. The summed E-state index contributed by atoms with van der Waals surface area (Å²) >= 11 is 1.62. The number of piperazine rings is 1. The average Bonchev–Trinajstić information content (AvgIpc) is 3.05. The number of hydrogen-bond acceptors (Lipinski definition) is 6. The van der Waals surface area contributed by atoms with Crippen molar-refractivity contribution in [1.29, 1.82) is 0 Å². The van der Waals surface area contributed by atoms with Gasteiger partial charge >= 0.3 is 6.09 Å². The van der Waals surface area contributed by atoms with Gasteiger partial charge in [-0.1, -0.05) is 0 Å². The molecule has 142 valence electrons. The molecule has 1 fully saturated rings. The van der Waals surface area contributed by atoms with Crippen LogP contribution in [0.2, 0.25) is 0 Å². The lowest BCUT2D eigenvalue weighted by atomic mass is 10.3. The van der Waals surface area contributed by atoms with Crippen molar-refractivity contribution in [2.75, 3.05) is 58.8 Å². The molecule has 0 bridgehead atoms. The van der Waals surface area contributed by atoms with Crippen LogP contribution < -0.4 is 10.2 Å². The number of aliphatic imine (C=N–C) groups is 1. The molecule has 0 radical (unpaired) electrons. The van der Waals surface area contributed by atoms with Crippen molar-refractivity contribution < 1.29 is 9.53 Å². The molecule has 25 heavy (non-hydrogen) atoms. The molecule has 8 nitrogen and oxygen atoms in total. The van der Waals surface area contributed by atoms with E-state index in [9.17, 15) is 4.79 Å². The first-order valence-electron chi connectivity index (χ1n) is 8.04. The highest BCUT2D eigenvalue weighted by Crippen LogP contribution is 2.17. The molecule has 0 spiro atoms. The molecule has 0 saturated carbocycles. The van der Waals surface area contributed by atoms with E-state index in [1.54, 1.807) is 23.3 Å². The van der Waals surface area contributed by atoms with Crippen molar-refractivity contribution in [3.63, 3.8) is 0 Å². The van der Waals surface area contributed by atoms with E-state index in [2.05, 4.69) is 20.2 Å². The summed E-state index contributed by atoms with van der Waals surface area (Å²) in [5.74, 6) is 0.831. The van der Waals surface area contributed by atoms with Gasteiger partial charge in [0.05, 0.1) is 18.8 Å². The molecule has 0 aliphatic carbocycles. The maximum atomic E-state index is 11.7. The quantitative estimate of drug-likeness (QED) is 0.400. The zero-order valence-electron chi connectivity index (χ0n) is 15.2. The van der Waals surface area contributed by atoms with Gasteiger partial charge in [0.1, 0.15) is 0 Å².